The molecule has 1 aromatic heterocycles. The van der Waals surface area contributed by atoms with Crippen molar-refractivity contribution >= 4 is 12.0 Å². The summed E-state index contributed by atoms with van der Waals surface area (Å²) in [6.07, 6.45) is -0.501. The van der Waals surface area contributed by atoms with Crippen LogP contribution in [0.3, 0.4) is 0 Å². The average molecular weight is 407 g/mol. The van der Waals surface area contributed by atoms with E-state index in [4.69, 9.17) is 14.0 Å². The fourth-order valence-electron chi connectivity index (χ4n) is 3.10. The Morgan fingerprint density at radius 1 is 1.13 bits per heavy atom. The molecule has 30 heavy (non-hydrogen) atoms. The number of nitrogens with one attached hydrogen (secondary N) is 1. The highest BCUT2D eigenvalue weighted by molar-refractivity contribution is 5.93. The molecule has 1 saturated heterocycles. The number of methoxy groups -OCH3 is 1. The largest absolute Gasteiger partial charge is 0.497 e. The van der Waals surface area contributed by atoms with Gasteiger partial charge in [-0.1, -0.05) is 35.5 Å². The summed E-state index contributed by atoms with van der Waals surface area (Å²) in [7, 11) is 1.60. The minimum Gasteiger partial charge on any atom is -0.497 e. The number of carbonyl (C=O) groups is 2. The fourth-order valence-corrected chi connectivity index (χ4v) is 3.10. The molecule has 154 valence electrons. The van der Waals surface area contributed by atoms with E-state index >= 15 is 0 Å². The van der Waals surface area contributed by atoms with Gasteiger partial charge in [0.25, 0.3) is 5.91 Å². The molecule has 0 spiro atoms. The zero-order valence-electron chi connectivity index (χ0n) is 16.4. The molecule has 0 unspecified atom stereocenters. The first-order chi connectivity index (χ1) is 14.6. The Balaban J connectivity index is 1.25. The van der Waals surface area contributed by atoms with E-state index in [1.807, 2.05) is 54.6 Å². The summed E-state index contributed by atoms with van der Waals surface area (Å²) < 4.78 is 15.6. The average Bonchev–Trinajstić information content (AvgIpc) is 3.25. The van der Waals surface area contributed by atoms with E-state index in [2.05, 4.69) is 10.5 Å². The van der Waals surface area contributed by atoms with Crippen LogP contribution in [0.25, 0.3) is 11.3 Å². The van der Waals surface area contributed by atoms with Gasteiger partial charge in [0.1, 0.15) is 12.4 Å². The third kappa shape index (κ3) is 4.43. The SMILES string of the molecule is COc1ccc(-c2cc(C(=O)N3CC(NC(=O)OCc4ccccc4)C3)no2)cc1. The maximum Gasteiger partial charge on any atom is 0.407 e. The lowest BCUT2D eigenvalue weighted by atomic mass is 10.1. The highest BCUT2D eigenvalue weighted by atomic mass is 16.5. The summed E-state index contributed by atoms with van der Waals surface area (Å²) in [4.78, 5) is 26.0. The van der Waals surface area contributed by atoms with Gasteiger partial charge in [0.2, 0.25) is 0 Å². The highest BCUT2D eigenvalue weighted by Gasteiger charge is 2.34. The van der Waals surface area contributed by atoms with Crippen LogP contribution >= 0.6 is 0 Å². The molecule has 2 heterocycles. The maximum atomic E-state index is 12.6. The predicted molar refractivity (Wildman–Crippen MR) is 108 cm³/mol. The van der Waals surface area contributed by atoms with Gasteiger partial charge in [-0.3, -0.25) is 4.79 Å². The van der Waals surface area contributed by atoms with Crippen LogP contribution in [0.1, 0.15) is 16.1 Å². The van der Waals surface area contributed by atoms with Gasteiger partial charge in [0.05, 0.1) is 13.2 Å². The van der Waals surface area contributed by atoms with E-state index in [9.17, 15) is 9.59 Å². The number of amides is 2. The molecule has 3 aromatic rings. The highest BCUT2D eigenvalue weighted by Crippen LogP contribution is 2.24. The van der Waals surface area contributed by atoms with Crippen molar-refractivity contribution in [1.29, 1.82) is 0 Å². The van der Waals surface area contributed by atoms with Gasteiger partial charge in [0.15, 0.2) is 11.5 Å². The molecule has 0 saturated carbocycles. The van der Waals surface area contributed by atoms with Crippen LogP contribution in [0, 0.1) is 0 Å². The molecule has 8 heteroatoms. The predicted octanol–water partition coefficient (Wildman–Crippen LogP) is 3.10. The molecule has 1 aliphatic rings. The lowest BCUT2D eigenvalue weighted by molar-refractivity contribution is 0.0535. The Morgan fingerprint density at radius 2 is 1.87 bits per heavy atom. The van der Waals surface area contributed by atoms with Gasteiger partial charge < -0.3 is 24.2 Å². The fraction of sp³-hybridized carbons (Fsp3) is 0.227. The standard InChI is InChI=1S/C22H21N3O5/c1-28-18-9-7-16(8-10-18)20-11-19(24-30-20)21(26)25-12-17(13-25)23-22(27)29-14-15-5-3-2-4-6-15/h2-11,17H,12-14H2,1H3,(H,23,27). The summed E-state index contributed by atoms with van der Waals surface area (Å²) in [6, 6.07) is 18.2. The van der Waals surface area contributed by atoms with Gasteiger partial charge in [-0.05, 0) is 29.8 Å². The van der Waals surface area contributed by atoms with Crippen LogP contribution in [0.4, 0.5) is 4.79 Å². The second-order valence-electron chi connectivity index (χ2n) is 6.92. The summed E-state index contributed by atoms with van der Waals surface area (Å²) >= 11 is 0. The van der Waals surface area contributed by atoms with Crippen molar-refractivity contribution < 1.29 is 23.6 Å². The summed E-state index contributed by atoms with van der Waals surface area (Å²) in [6.45, 7) is 0.989. The number of ether oxygens (including phenoxy) is 2. The quantitative estimate of drug-likeness (QED) is 0.675. The summed E-state index contributed by atoms with van der Waals surface area (Å²) in [5.41, 5.74) is 1.94. The molecular weight excluding hydrogens is 386 g/mol. The van der Waals surface area contributed by atoms with Crippen molar-refractivity contribution in [3.05, 3.63) is 71.9 Å². The molecule has 1 aliphatic heterocycles. The number of likely N-dealkylation sites (tertiary alicyclic amines) is 1. The Kier molecular flexibility index (Phi) is 5.65. The van der Waals surface area contributed by atoms with Crippen LogP contribution in [0.15, 0.2) is 65.2 Å². The van der Waals surface area contributed by atoms with E-state index < -0.39 is 6.09 Å². The lowest BCUT2D eigenvalue weighted by Crippen LogP contribution is -2.61. The Hall–Kier alpha value is -3.81. The number of hydrogen-bond acceptors (Lipinski definition) is 6. The van der Waals surface area contributed by atoms with Gasteiger partial charge in [-0.25, -0.2) is 4.79 Å². The Labute approximate surface area is 173 Å². The third-order valence-corrected chi connectivity index (χ3v) is 4.81. The Bertz CT molecular complexity index is 1010. The Morgan fingerprint density at radius 3 is 2.57 bits per heavy atom. The minimum absolute atomic E-state index is 0.148. The van der Waals surface area contributed by atoms with Crippen molar-refractivity contribution in [2.45, 2.75) is 12.6 Å². The van der Waals surface area contributed by atoms with Crippen molar-refractivity contribution in [2.24, 2.45) is 0 Å². The second kappa shape index (κ2) is 8.69. The number of carbonyl (C=O) groups excluding carboxylic acids is 2. The zero-order chi connectivity index (χ0) is 20.9. The third-order valence-electron chi connectivity index (χ3n) is 4.81. The topological polar surface area (TPSA) is 93.9 Å². The van der Waals surface area contributed by atoms with Crippen LogP contribution in [-0.4, -0.2) is 48.3 Å². The molecule has 4 rings (SSSR count). The zero-order valence-corrected chi connectivity index (χ0v) is 16.4. The number of benzene rings is 2. The van der Waals surface area contributed by atoms with Gasteiger partial charge in [0, 0.05) is 24.7 Å². The molecule has 2 aromatic carbocycles. The van der Waals surface area contributed by atoms with Crippen LogP contribution in [0.5, 0.6) is 5.75 Å². The monoisotopic (exact) mass is 407 g/mol. The number of alkyl carbamates (subject to hydrolysis) is 1. The number of aromatic nitrogens is 1. The number of hydrogen-bond donors (Lipinski definition) is 1. The van der Waals surface area contributed by atoms with Crippen molar-refractivity contribution in [3.8, 4) is 17.1 Å². The molecule has 0 atom stereocenters. The van der Waals surface area contributed by atoms with Crippen LogP contribution in [0.2, 0.25) is 0 Å². The number of nitrogens with zero attached hydrogens (tertiary/aromatic N) is 2. The maximum absolute atomic E-state index is 12.6. The molecule has 0 radical (unpaired) electrons. The van der Waals surface area contributed by atoms with E-state index in [1.165, 1.54) is 0 Å². The van der Waals surface area contributed by atoms with Gasteiger partial charge in [-0.2, -0.15) is 0 Å². The molecule has 1 N–H and O–H groups in total. The molecule has 8 nitrogen and oxygen atoms in total. The summed E-state index contributed by atoms with van der Waals surface area (Å²) in [5, 5.41) is 6.63. The minimum atomic E-state index is -0.501. The van der Waals surface area contributed by atoms with E-state index in [0.717, 1.165) is 16.9 Å². The number of rotatable bonds is 6. The second-order valence-corrected chi connectivity index (χ2v) is 6.92. The lowest BCUT2D eigenvalue weighted by Gasteiger charge is -2.38. The first-order valence-corrected chi connectivity index (χ1v) is 9.50. The molecular formula is C22H21N3O5. The van der Waals surface area contributed by atoms with Gasteiger partial charge >= 0.3 is 6.09 Å². The van der Waals surface area contributed by atoms with E-state index in [-0.39, 0.29) is 24.2 Å². The first kappa shape index (κ1) is 19.5. The van der Waals surface area contributed by atoms with Crippen LogP contribution in [-0.2, 0) is 11.3 Å². The van der Waals surface area contributed by atoms with Crippen molar-refractivity contribution in [3.63, 3.8) is 0 Å². The first-order valence-electron chi connectivity index (χ1n) is 9.50. The smallest absolute Gasteiger partial charge is 0.407 e. The van der Waals surface area contributed by atoms with Crippen LogP contribution < -0.4 is 10.1 Å². The molecule has 1 fully saturated rings. The van der Waals surface area contributed by atoms with E-state index in [1.54, 1.807) is 18.1 Å². The molecule has 0 aliphatic carbocycles. The normalized spacial score (nSPS) is 13.4. The van der Waals surface area contributed by atoms with Crippen molar-refractivity contribution in [2.75, 3.05) is 20.2 Å². The van der Waals surface area contributed by atoms with Crippen molar-refractivity contribution in [1.82, 2.24) is 15.4 Å². The molecule has 0 bridgehead atoms. The van der Waals surface area contributed by atoms with E-state index in [0.29, 0.717) is 18.8 Å². The molecule has 2 amide bonds. The van der Waals surface area contributed by atoms with Gasteiger partial charge in [-0.15, -0.1) is 0 Å². The summed E-state index contributed by atoms with van der Waals surface area (Å²) in [5.74, 6) is 0.992.